The summed E-state index contributed by atoms with van der Waals surface area (Å²) in [4.78, 5) is 37.7. The van der Waals surface area contributed by atoms with E-state index < -0.39 is 23.2 Å². The van der Waals surface area contributed by atoms with Gasteiger partial charge in [0.25, 0.3) is 5.91 Å². The van der Waals surface area contributed by atoms with E-state index in [4.69, 9.17) is 15.2 Å². The third-order valence-corrected chi connectivity index (χ3v) is 7.65. The summed E-state index contributed by atoms with van der Waals surface area (Å²) in [5.74, 6) is 0.913. The van der Waals surface area contributed by atoms with Gasteiger partial charge in [-0.25, -0.2) is 14.8 Å². The molecule has 228 valence electrons. The number of nitrogens with two attached hydrogens (primary N) is 1. The molecule has 3 heterocycles. The van der Waals surface area contributed by atoms with E-state index in [1.165, 1.54) is 15.5 Å². The average molecular weight is 597 g/mol. The van der Waals surface area contributed by atoms with Crippen LogP contribution in [0, 0.1) is 11.3 Å². The minimum atomic E-state index is -0.546. The summed E-state index contributed by atoms with van der Waals surface area (Å²) in [6.45, 7) is 9.83. The number of imidazole rings is 1. The Morgan fingerprint density at radius 2 is 1.89 bits per heavy atom. The molecule has 0 unspecified atom stereocenters. The summed E-state index contributed by atoms with van der Waals surface area (Å²) in [6, 6.07) is 18.2. The topological polar surface area (TPSA) is 153 Å². The lowest BCUT2D eigenvalue weighted by molar-refractivity contribution is -0.118. The molecule has 0 radical (unpaired) electrons. The maximum absolute atomic E-state index is 13.8. The van der Waals surface area contributed by atoms with Crippen molar-refractivity contribution in [3.05, 3.63) is 83.1 Å². The summed E-state index contributed by atoms with van der Waals surface area (Å²) < 4.78 is 14.1. The minimum absolute atomic E-state index is 0.000280. The second-order valence-corrected chi connectivity index (χ2v) is 11.2. The monoisotopic (exact) mass is 596 g/mol. The van der Waals surface area contributed by atoms with E-state index in [0.717, 1.165) is 6.54 Å². The maximum Gasteiger partial charge on any atom is 0.335 e. The summed E-state index contributed by atoms with van der Waals surface area (Å²) in [6.07, 6.45) is 2.98. The minimum Gasteiger partial charge on any atom is -0.457 e. The lowest BCUT2D eigenvalue weighted by Gasteiger charge is -2.45. The second-order valence-electron chi connectivity index (χ2n) is 11.2. The van der Waals surface area contributed by atoms with Crippen molar-refractivity contribution in [2.45, 2.75) is 51.9 Å². The Labute approximate surface area is 255 Å². The highest BCUT2D eigenvalue weighted by atomic mass is 16.5. The van der Waals surface area contributed by atoms with Crippen molar-refractivity contribution in [1.82, 2.24) is 29.3 Å². The molecule has 1 aliphatic rings. The highest BCUT2D eigenvalue weighted by molar-refractivity contribution is 5.97. The van der Waals surface area contributed by atoms with Gasteiger partial charge in [-0.1, -0.05) is 25.1 Å². The number of nitrogen functional groups attached to an aromatic ring is 1. The molecule has 44 heavy (non-hydrogen) atoms. The smallest absolute Gasteiger partial charge is 0.335 e. The van der Waals surface area contributed by atoms with Gasteiger partial charge in [0.05, 0.1) is 24.9 Å². The third-order valence-electron chi connectivity index (χ3n) is 7.65. The number of nitrogens with one attached hydrogen (secondary N) is 1. The zero-order chi connectivity index (χ0) is 31.4. The number of ether oxygens (including phenoxy) is 2. The summed E-state index contributed by atoms with van der Waals surface area (Å²) in [5, 5.41) is 12.7. The molecule has 4 aromatic rings. The first kappa shape index (κ1) is 30.5. The molecule has 0 spiro atoms. The van der Waals surface area contributed by atoms with E-state index in [9.17, 15) is 14.9 Å². The Kier molecular flexibility index (Phi) is 8.80. The van der Waals surface area contributed by atoms with Crippen molar-refractivity contribution in [1.29, 1.82) is 5.26 Å². The number of hydrogen-bond donors (Lipinski definition) is 2. The van der Waals surface area contributed by atoms with Gasteiger partial charge in [0, 0.05) is 18.1 Å². The van der Waals surface area contributed by atoms with Gasteiger partial charge in [0.2, 0.25) is 0 Å². The van der Waals surface area contributed by atoms with Gasteiger partial charge < -0.3 is 20.5 Å². The van der Waals surface area contributed by atoms with Gasteiger partial charge in [0.1, 0.15) is 35.0 Å². The van der Waals surface area contributed by atoms with Crippen LogP contribution in [0.15, 0.2) is 77.4 Å². The SMILES string of the molecule is CCN(C1COC1)C(C)(C)C=C(C#N)C(=O)N[C@@H](C)Cn1c(=O)n(-c2ccc(Oc3ccccc3)cc2)c2c(N)ncnc21. The standard InChI is InChI=1S/C32H36N8O4/c1-5-39(24-18-43-19-24)32(3,4)15-22(16-33)30(41)37-21(2)17-38-29-27(28(34)35-20-36-29)40(31(38)42)23-11-13-26(14-12-23)44-25-9-7-6-8-10-25/h6-15,20-21,24H,5,17-19H2,1-4H3,(H,37,41)(H2,34,35,36)/t21-/m0/s1. The Morgan fingerprint density at radius 3 is 2.50 bits per heavy atom. The van der Waals surface area contributed by atoms with Gasteiger partial charge in [-0.05, 0) is 69.8 Å². The number of para-hydroxylation sites is 1. The molecule has 0 aliphatic carbocycles. The Balaban J connectivity index is 1.38. The van der Waals surface area contributed by atoms with Crippen LogP contribution >= 0.6 is 0 Å². The number of nitrogens with zero attached hydrogens (tertiary/aromatic N) is 6. The molecule has 1 atom stereocenters. The molecule has 1 fully saturated rings. The molecule has 0 bridgehead atoms. The lowest BCUT2D eigenvalue weighted by Crippen LogP contribution is -2.57. The number of carbonyl (C=O) groups is 1. The van der Waals surface area contributed by atoms with Crippen LogP contribution in [0.1, 0.15) is 27.7 Å². The highest BCUT2D eigenvalue weighted by Crippen LogP contribution is 2.26. The molecule has 12 heteroatoms. The van der Waals surface area contributed by atoms with Crippen molar-refractivity contribution >= 4 is 22.9 Å². The van der Waals surface area contributed by atoms with Crippen molar-refractivity contribution in [2.24, 2.45) is 0 Å². The van der Waals surface area contributed by atoms with E-state index >= 15 is 0 Å². The number of likely N-dealkylation sites (N-methyl/N-ethyl adjacent to an activating group) is 1. The van der Waals surface area contributed by atoms with Crippen molar-refractivity contribution in [3.63, 3.8) is 0 Å². The number of rotatable bonds is 11. The number of nitriles is 1. The molecule has 5 rings (SSSR count). The highest BCUT2D eigenvalue weighted by Gasteiger charge is 2.35. The van der Waals surface area contributed by atoms with Crippen LogP contribution in [0.4, 0.5) is 5.82 Å². The fraction of sp³-hybridized carbons (Fsp3) is 0.344. The zero-order valence-electron chi connectivity index (χ0n) is 25.2. The Morgan fingerprint density at radius 1 is 1.20 bits per heavy atom. The zero-order valence-corrected chi connectivity index (χ0v) is 25.2. The molecular formula is C32H36N8O4. The number of fused-ring (bicyclic) bond motifs is 1. The van der Waals surface area contributed by atoms with Crippen LogP contribution in [0.5, 0.6) is 11.5 Å². The Hall–Kier alpha value is -4.99. The van der Waals surface area contributed by atoms with Gasteiger partial charge >= 0.3 is 5.69 Å². The average Bonchev–Trinajstić information content (AvgIpc) is 3.26. The van der Waals surface area contributed by atoms with Crippen molar-refractivity contribution in [2.75, 3.05) is 25.5 Å². The van der Waals surface area contributed by atoms with E-state index in [-0.39, 0.29) is 24.0 Å². The largest absolute Gasteiger partial charge is 0.457 e. The number of carbonyl (C=O) groups excluding carboxylic acids is 1. The molecule has 3 N–H and O–H groups in total. The first-order chi connectivity index (χ1) is 21.1. The number of aromatic nitrogens is 4. The molecule has 1 aliphatic heterocycles. The predicted octanol–water partition coefficient (Wildman–Crippen LogP) is 3.41. The normalized spacial score (nSPS) is 14.7. The summed E-state index contributed by atoms with van der Waals surface area (Å²) in [7, 11) is 0. The maximum atomic E-state index is 13.8. The van der Waals surface area contributed by atoms with Crippen LogP contribution in [0.2, 0.25) is 0 Å². The summed E-state index contributed by atoms with van der Waals surface area (Å²) >= 11 is 0. The van der Waals surface area contributed by atoms with Crippen LogP contribution in [0.3, 0.4) is 0 Å². The number of amides is 1. The predicted molar refractivity (Wildman–Crippen MR) is 166 cm³/mol. The fourth-order valence-corrected chi connectivity index (χ4v) is 5.54. The van der Waals surface area contributed by atoms with Crippen molar-refractivity contribution in [3.8, 4) is 23.3 Å². The number of benzene rings is 2. The van der Waals surface area contributed by atoms with Crippen molar-refractivity contribution < 1.29 is 14.3 Å². The van der Waals surface area contributed by atoms with Gasteiger partial charge in [-0.2, -0.15) is 5.26 Å². The number of anilines is 1. The quantitative estimate of drug-likeness (QED) is 0.196. The van der Waals surface area contributed by atoms with E-state index in [2.05, 4.69) is 20.2 Å². The molecule has 2 aromatic heterocycles. The van der Waals surface area contributed by atoms with Gasteiger partial charge in [-0.15, -0.1) is 0 Å². The third kappa shape index (κ3) is 6.20. The number of hydrogen-bond acceptors (Lipinski definition) is 9. The van der Waals surface area contributed by atoms with E-state index in [1.807, 2.05) is 57.2 Å². The van der Waals surface area contributed by atoms with Gasteiger partial charge in [-0.3, -0.25) is 18.8 Å². The van der Waals surface area contributed by atoms with Crippen LogP contribution in [-0.2, 0) is 16.1 Å². The molecule has 12 nitrogen and oxygen atoms in total. The molecule has 2 aromatic carbocycles. The van der Waals surface area contributed by atoms with Crippen LogP contribution in [0.25, 0.3) is 16.9 Å². The lowest BCUT2D eigenvalue weighted by atomic mass is 9.95. The second kappa shape index (κ2) is 12.7. The molecule has 0 saturated carbocycles. The first-order valence-corrected chi connectivity index (χ1v) is 14.5. The first-order valence-electron chi connectivity index (χ1n) is 14.5. The molecule has 1 saturated heterocycles. The van der Waals surface area contributed by atoms with E-state index in [1.54, 1.807) is 37.3 Å². The Bertz CT molecular complexity index is 1770. The van der Waals surface area contributed by atoms with Gasteiger partial charge in [0.15, 0.2) is 11.5 Å². The molecular weight excluding hydrogens is 560 g/mol. The van der Waals surface area contributed by atoms with Crippen LogP contribution in [-0.4, -0.2) is 67.3 Å². The fourth-order valence-electron chi connectivity index (χ4n) is 5.54. The molecule has 1 amide bonds. The van der Waals surface area contributed by atoms with Crippen LogP contribution < -0.4 is 21.5 Å². The summed E-state index contributed by atoms with van der Waals surface area (Å²) in [5.41, 5.74) is 6.51. The van der Waals surface area contributed by atoms with E-state index in [0.29, 0.717) is 41.6 Å².